The molecule has 0 saturated carbocycles. The van der Waals surface area contributed by atoms with Crippen LogP contribution >= 0.6 is 0 Å². The lowest BCUT2D eigenvalue weighted by Crippen LogP contribution is -2.52. The molecule has 0 aromatic rings. The topological polar surface area (TPSA) is 55.4 Å². The summed E-state index contributed by atoms with van der Waals surface area (Å²) >= 11 is 0. The Balaban J connectivity index is 2.16. The molecule has 1 saturated heterocycles. The first-order valence-corrected chi connectivity index (χ1v) is 9.11. The van der Waals surface area contributed by atoms with Gasteiger partial charge in [-0.2, -0.15) is 0 Å². The van der Waals surface area contributed by atoms with Crippen LogP contribution in [0.3, 0.4) is 0 Å². The van der Waals surface area contributed by atoms with Gasteiger partial charge in [0.1, 0.15) is 0 Å². The Morgan fingerprint density at radius 2 is 1.92 bits per heavy atom. The summed E-state index contributed by atoms with van der Waals surface area (Å²) in [5.41, 5.74) is 0. The highest BCUT2D eigenvalue weighted by molar-refractivity contribution is 5.79. The van der Waals surface area contributed by atoms with Gasteiger partial charge in [-0.1, -0.05) is 0 Å². The number of nitrogens with one attached hydrogen (secondary N) is 2. The molecule has 0 aromatic heterocycles. The molecule has 7 heteroatoms. The second kappa shape index (κ2) is 12.5. The molecular weight excluding hydrogens is 304 g/mol. The number of ether oxygens (including phenoxy) is 1. The van der Waals surface area contributed by atoms with Crippen LogP contribution in [0, 0.1) is 0 Å². The molecule has 0 aliphatic carbocycles. The first kappa shape index (κ1) is 21.2. The lowest BCUT2D eigenvalue weighted by molar-refractivity contribution is 0.120. The molecule has 1 aliphatic rings. The molecule has 1 fully saturated rings. The number of nitrogens with zero attached hydrogens (tertiary/aromatic N) is 4. The van der Waals surface area contributed by atoms with Gasteiger partial charge in [0, 0.05) is 79.2 Å². The van der Waals surface area contributed by atoms with Crippen molar-refractivity contribution < 1.29 is 4.74 Å². The molecule has 0 aromatic carbocycles. The Hall–Kier alpha value is -0.890. The molecule has 1 rings (SSSR count). The highest BCUT2D eigenvalue weighted by atomic mass is 16.5. The minimum absolute atomic E-state index is 0.522. The maximum absolute atomic E-state index is 5.08. The summed E-state index contributed by atoms with van der Waals surface area (Å²) in [6, 6.07) is 0.522. The van der Waals surface area contributed by atoms with Gasteiger partial charge in [-0.15, -0.1) is 0 Å². The second-order valence-electron chi connectivity index (χ2n) is 6.72. The number of likely N-dealkylation sites (N-methyl/N-ethyl adjacent to an activating group) is 2. The van der Waals surface area contributed by atoms with E-state index in [1.165, 1.54) is 0 Å². The van der Waals surface area contributed by atoms with Crippen LogP contribution in [0.2, 0.25) is 0 Å². The molecule has 0 spiro atoms. The van der Waals surface area contributed by atoms with Gasteiger partial charge in [-0.05, 0) is 27.4 Å². The van der Waals surface area contributed by atoms with E-state index in [4.69, 9.17) is 4.74 Å². The first-order valence-electron chi connectivity index (χ1n) is 9.11. The summed E-state index contributed by atoms with van der Waals surface area (Å²) in [6.45, 7) is 11.6. The number of methoxy groups -OCH3 is 1. The minimum Gasteiger partial charge on any atom is -0.385 e. The van der Waals surface area contributed by atoms with Gasteiger partial charge in [-0.3, -0.25) is 9.89 Å². The van der Waals surface area contributed by atoms with Crippen molar-refractivity contribution >= 4 is 5.96 Å². The third-order valence-electron chi connectivity index (χ3n) is 4.62. The predicted octanol–water partition coefficient (Wildman–Crippen LogP) is -0.244. The average molecular weight is 343 g/mol. The molecule has 1 heterocycles. The fourth-order valence-corrected chi connectivity index (χ4v) is 2.81. The van der Waals surface area contributed by atoms with Crippen LogP contribution in [0.1, 0.15) is 13.3 Å². The van der Waals surface area contributed by atoms with Gasteiger partial charge in [0.25, 0.3) is 0 Å². The van der Waals surface area contributed by atoms with Crippen molar-refractivity contribution in [3.05, 3.63) is 0 Å². The molecule has 1 unspecified atom stereocenters. The molecular formula is C17H38N6O. The smallest absolute Gasteiger partial charge is 0.191 e. The number of rotatable bonds is 10. The van der Waals surface area contributed by atoms with E-state index in [1.807, 2.05) is 7.05 Å². The van der Waals surface area contributed by atoms with Crippen molar-refractivity contribution in [1.29, 1.82) is 0 Å². The van der Waals surface area contributed by atoms with Gasteiger partial charge < -0.3 is 25.2 Å². The van der Waals surface area contributed by atoms with E-state index in [1.54, 1.807) is 7.11 Å². The molecule has 2 N–H and O–H groups in total. The number of aliphatic imine (C=N–C) groups is 1. The minimum atomic E-state index is 0.522. The summed E-state index contributed by atoms with van der Waals surface area (Å²) in [6.07, 6.45) is 1.07. The number of guanidine groups is 1. The molecule has 24 heavy (non-hydrogen) atoms. The third-order valence-corrected chi connectivity index (χ3v) is 4.62. The van der Waals surface area contributed by atoms with E-state index in [-0.39, 0.29) is 0 Å². The van der Waals surface area contributed by atoms with Gasteiger partial charge in [0.15, 0.2) is 5.96 Å². The zero-order valence-corrected chi connectivity index (χ0v) is 16.3. The Morgan fingerprint density at radius 1 is 1.21 bits per heavy atom. The van der Waals surface area contributed by atoms with Gasteiger partial charge >= 0.3 is 0 Å². The predicted molar refractivity (Wildman–Crippen MR) is 102 cm³/mol. The number of hydrogen-bond acceptors (Lipinski definition) is 5. The standard InChI is InChI=1S/C17H38N6O/c1-16(23-12-10-22(4)11-13-23)15-20-17(18-2)19-7-9-21(3)8-6-14-24-5/h16H,6-15H2,1-5H3,(H2,18,19,20). The molecule has 7 nitrogen and oxygen atoms in total. The van der Waals surface area contributed by atoms with Crippen LogP contribution in [0.25, 0.3) is 0 Å². The summed E-state index contributed by atoms with van der Waals surface area (Å²) < 4.78 is 5.08. The molecule has 1 aliphatic heterocycles. The Kier molecular flexibility index (Phi) is 11.0. The quantitative estimate of drug-likeness (QED) is 0.325. The maximum Gasteiger partial charge on any atom is 0.191 e. The van der Waals surface area contributed by atoms with E-state index in [9.17, 15) is 0 Å². The van der Waals surface area contributed by atoms with Crippen molar-refractivity contribution in [2.45, 2.75) is 19.4 Å². The van der Waals surface area contributed by atoms with Crippen LogP contribution in [-0.2, 0) is 4.74 Å². The molecule has 0 bridgehead atoms. The van der Waals surface area contributed by atoms with Crippen molar-refractivity contribution in [2.75, 3.05) is 87.2 Å². The van der Waals surface area contributed by atoms with Crippen LogP contribution < -0.4 is 10.6 Å². The number of hydrogen-bond donors (Lipinski definition) is 2. The zero-order chi connectivity index (χ0) is 17.8. The zero-order valence-electron chi connectivity index (χ0n) is 16.3. The largest absolute Gasteiger partial charge is 0.385 e. The van der Waals surface area contributed by atoms with E-state index in [0.29, 0.717) is 6.04 Å². The SMILES string of the molecule is CN=C(NCCN(C)CCCOC)NCC(C)N1CCN(C)CC1. The first-order chi connectivity index (χ1) is 11.6. The van der Waals surface area contributed by atoms with Crippen LogP contribution in [0.4, 0.5) is 0 Å². The monoisotopic (exact) mass is 342 g/mol. The average Bonchev–Trinajstić information content (AvgIpc) is 2.58. The van der Waals surface area contributed by atoms with E-state index in [2.05, 4.69) is 51.3 Å². The highest BCUT2D eigenvalue weighted by Crippen LogP contribution is 2.03. The van der Waals surface area contributed by atoms with E-state index in [0.717, 1.165) is 71.3 Å². The second-order valence-corrected chi connectivity index (χ2v) is 6.72. The fraction of sp³-hybridized carbons (Fsp3) is 0.941. The fourth-order valence-electron chi connectivity index (χ4n) is 2.81. The molecule has 142 valence electrons. The van der Waals surface area contributed by atoms with Gasteiger partial charge in [0.2, 0.25) is 0 Å². The summed E-state index contributed by atoms with van der Waals surface area (Å²) in [4.78, 5) is 11.6. The highest BCUT2D eigenvalue weighted by Gasteiger charge is 2.18. The summed E-state index contributed by atoms with van der Waals surface area (Å²) in [5, 5.41) is 6.84. The van der Waals surface area contributed by atoms with Crippen LogP contribution in [-0.4, -0.2) is 114 Å². The Labute approximate surface area is 148 Å². The summed E-state index contributed by atoms with van der Waals surface area (Å²) in [5.74, 6) is 0.890. The lowest BCUT2D eigenvalue weighted by atomic mass is 10.2. The van der Waals surface area contributed by atoms with Crippen molar-refractivity contribution in [1.82, 2.24) is 25.3 Å². The molecule has 0 radical (unpaired) electrons. The Bertz CT molecular complexity index is 344. The van der Waals surface area contributed by atoms with Gasteiger partial charge in [0.05, 0.1) is 0 Å². The van der Waals surface area contributed by atoms with E-state index >= 15 is 0 Å². The van der Waals surface area contributed by atoms with Crippen molar-refractivity contribution in [2.24, 2.45) is 4.99 Å². The molecule has 0 amide bonds. The number of piperazine rings is 1. The normalized spacial score (nSPS) is 18.8. The Morgan fingerprint density at radius 3 is 2.54 bits per heavy atom. The van der Waals surface area contributed by atoms with Crippen LogP contribution in [0.5, 0.6) is 0 Å². The maximum atomic E-state index is 5.08. The van der Waals surface area contributed by atoms with E-state index < -0.39 is 0 Å². The van der Waals surface area contributed by atoms with Crippen LogP contribution in [0.15, 0.2) is 4.99 Å². The lowest BCUT2D eigenvalue weighted by Gasteiger charge is -2.36. The van der Waals surface area contributed by atoms with Crippen molar-refractivity contribution in [3.63, 3.8) is 0 Å². The summed E-state index contributed by atoms with van der Waals surface area (Å²) in [7, 11) is 7.92. The van der Waals surface area contributed by atoms with Gasteiger partial charge in [-0.25, -0.2) is 0 Å². The van der Waals surface area contributed by atoms with Crippen molar-refractivity contribution in [3.8, 4) is 0 Å². The third kappa shape index (κ3) is 8.82. The molecule has 1 atom stereocenters.